The van der Waals surface area contributed by atoms with Gasteiger partial charge in [-0.2, -0.15) is 4.39 Å². The minimum Gasteiger partial charge on any atom is -0.367 e. The van der Waals surface area contributed by atoms with Crippen molar-refractivity contribution in [3.63, 3.8) is 0 Å². The summed E-state index contributed by atoms with van der Waals surface area (Å²) in [4.78, 5) is 7.29. The van der Waals surface area contributed by atoms with Gasteiger partial charge in [0, 0.05) is 12.1 Å². The molecule has 0 radical (unpaired) electrons. The van der Waals surface area contributed by atoms with Crippen LogP contribution in [0.1, 0.15) is 12.5 Å². The fourth-order valence-electron chi connectivity index (χ4n) is 1.69. The summed E-state index contributed by atoms with van der Waals surface area (Å²) in [5, 5.41) is 3.06. The van der Waals surface area contributed by atoms with Crippen LogP contribution in [0.2, 0.25) is 0 Å². The summed E-state index contributed by atoms with van der Waals surface area (Å²) in [6.45, 7) is 1.95. The summed E-state index contributed by atoms with van der Waals surface area (Å²) < 4.78 is 25.6. The quantitative estimate of drug-likeness (QED) is 0.847. The Labute approximate surface area is 104 Å². The van der Waals surface area contributed by atoms with E-state index in [1.807, 2.05) is 6.92 Å². The number of rotatable bonds is 4. The summed E-state index contributed by atoms with van der Waals surface area (Å²) in [6, 6.07) is 7.60. The van der Waals surface area contributed by atoms with Crippen molar-refractivity contribution in [1.29, 1.82) is 0 Å². The predicted octanol–water partition coefficient (Wildman–Crippen LogP) is 2.80. The second kappa shape index (κ2) is 5.53. The third-order valence-electron chi connectivity index (χ3n) is 2.48. The smallest absolute Gasteiger partial charge is 0.217 e. The Morgan fingerprint density at radius 3 is 2.56 bits per heavy atom. The van der Waals surface area contributed by atoms with E-state index in [1.165, 1.54) is 24.5 Å². The maximum Gasteiger partial charge on any atom is 0.217 e. The molecule has 18 heavy (non-hydrogen) atoms. The third kappa shape index (κ3) is 3.48. The number of hydrogen-bond donors (Lipinski definition) is 1. The number of nitrogens with zero attached hydrogens (tertiary/aromatic N) is 2. The van der Waals surface area contributed by atoms with Crippen molar-refractivity contribution < 1.29 is 8.78 Å². The maximum absolute atomic E-state index is 12.9. The molecule has 0 amide bonds. The van der Waals surface area contributed by atoms with Gasteiger partial charge in [-0.15, -0.1) is 0 Å². The van der Waals surface area contributed by atoms with Crippen molar-refractivity contribution >= 4 is 5.82 Å². The molecule has 0 aliphatic rings. The summed E-state index contributed by atoms with van der Waals surface area (Å²) in [5.41, 5.74) is 1.01. The SMILES string of the molecule is CC(Cc1ccc(F)cc1)Nc1cc(F)ncn1. The first-order chi connectivity index (χ1) is 8.63. The Bertz CT molecular complexity index is 514. The van der Waals surface area contributed by atoms with Gasteiger partial charge < -0.3 is 5.32 Å². The Hall–Kier alpha value is -2.04. The minimum absolute atomic E-state index is 0.0600. The van der Waals surface area contributed by atoms with Crippen molar-refractivity contribution in [3.05, 3.63) is 54.0 Å². The Balaban J connectivity index is 1.96. The summed E-state index contributed by atoms with van der Waals surface area (Å²) in [6.07, 6.45) is 1.87. The van der Waals surface area contributed by atoms with Crippen LogP contribution in [0.15, 0.2) is 36.7 Å². The van der Waals surface area contributed by atoms with Crippen LogP contribution in [0.25, 0.3) is 0 Å². The molecule has 1 atom stereocenters. The topological polar surface area (TPSA) is 37.8 Å². The second-order valence-corrected chi connectivity index (χ2v) is 4.10. The van der Waals surface area contributed by atoms with E-state index < -0.39 is 5.95 Å². The van der Waals surface area contributed by atoms with E-state index in [1.54, 1.807) is 12.1 Å². The van der Waals surface area contributed by atoms with E-state index in [2.05, 4.69) is 15.3 Å². The van der Waals surface area contributed by atoms with Gasteiger partial charge in [-0.25, -0.2) is 14.4 Å². The lowest BCUT2D eigenvalue weighted by Gasteiger charge is -2.14. The van der Waals surface area contributed by atoms with Crippen molar-refractivity contribution in [2.75, 3.05) is 5.32 Å². The molecule has 2 rings (SSSR count). The lowest BCUT2D eigenvalue weighted by molar-refractivity contribution is 0.579. The van der Waals surface area contributed by atoms with Gasteiger partial charge >= 0.3 is 0 Å². The molecule has 0 fully saturated rings. The van der Waals surface area contributed by atoms with Gasteiger partial charge in [0.05, 0.1) is 0 Å². The van der Waals surface area contributed by atoms with E-state index in [-0.39, 0.29) is 11.9 Å². The molecule has 0 bridgehead atoms. The summed E-state index contributed by atoms with van der Waals surface area (Å²) >= 11 is 0. The van der Waals surface area contributed by atoms with Gasteiger partial charge in [0.1, 0.15) is 18.0 Å². The highest BCUT2D eigenvalue weighted by atomic mass is 19.1. The monoisotopic (exact) mass is 249 g/mol. The van der Waals surface area contributed by atoms with Crippen LogP contribution in [-0.4, -0.2) is 16.0 Å². The molecule has 1 aromatic carbocycles. The number of aromatic nitrogens is 2. The van der Waals surface area contributed by atoms with Crippen LogP contribution in [-0.2, 0) is 6.42 Å². The van der Waals surface area contributed by atoms with Crippen LogP contribution in [0, 0.1) is 11.8 Å². The number of benzene rings is 1. The largest absolute Gasteiger partial charge is 0.367 e. The van der Waals surface area contributed by atoms with Gasteiger partial charge in [-0.3, -0.25) is 0 Å². The van der Waals surface area contributed by atoms with Gasteiger partial charge in [0.2, 0.25) is 5.95 Å². The lowest BCUT2D eigenvalue weighted by atomic mass is 10.1. The van der Waals surface area contributed by atoms with Gasteiger partial charge in [-0.1, -0.05) is 12.1 Å². The van der Waals surface area contributed by atoms with Crippen molar-refractivity contribution in [3.8, 4) is 0 Å². The predicted molar refractivity (Wildman–Crippen MR) is 65.2 cm³/mol. The van der Waals surface area contributed by atoms with E-state index in [0.29, 0.717) is 12.2 Å². The minimum atomic E-state index is -0.568. The molecule has 1 N–H and O–H groups in total. The molecular weight excluding hydrogens is 236 g/mol. The standard InChI is InChI=1S/C13H13F2N3/c1-9(6-10-2-4-11(14)5-3-10)18-13-7-12(15)16-8-17-13/h2-5,7-9H,6H2,1H3,(H,16,17,18). The first-order valence-corrected chi connectivity index (χ1v) is 5.62. The number of halogens is 2. The second-order valence-electron chi connectivity index (χ2n) is 4.10. The molecule has 1 aromatic heterocycles. The molecule has 2 aromatic rings. The lowest BCUT2D eigenvalue weighted by Crippen LogP contribution is -2.19. The molecule has 1 unspecified atom stereocenters. The first-order valence-electron chi connectivity index (χ1n) is 5.62. The fourth-order valence-corrected chi connectivity index (χ4v) is 1.69. The zero-order valence-corrected chi connectivity index (χ0v) is 9.90. The highest BCUT2D eigenvalue weighted by molar-refractivity contribution is 5.34. The number of nitrogens with one attached hydrogen (secondary N) is 1. The van der Waals surface area contributed by atoms with Crippen molar-refractivity contribution in [2.24, 2.45) is 0 Å². The van der Waals surface area contributed by atoms with E-state index in [4.69, 9.17) is 0 Å². The Morgan fingerprint density at radius 1 is 1.17 bits per heavy atom. The first kappa shape index (κ1) is 12.4. The molecule has 0 aliphatic heterocycles. The van der Waals surface area contributed by atoms with E-state index >= 15 is 0 Å². The highest BCUT2D eigenvalue weighted by Crippen LogP contribution is 2.10. The van der Waals surface area contributed by atoms with Crippen LogP contribution >= 0.6 is 0 Å². The normalized spacial score (nSPS) is 12.2. The van der Waals surface area contributed by atoms with Crippen molar-refractivity contribution in [2.45, 2.75) is 19.4 Å². The molecule has 0 spiro atoms. The third-order valence-corrected chi connectivity index (χ3v) is 2.48. The van der Waals surface area contributed by atoms with Crippen LogP contribution in [0.4, 0.5) is 14.6 Å². The molecule has 5 heteroatoms. The van der Waals surface area contributed by atoms with E-state index in [9.17, 15) is 8.78 Å². The molecule has 3 nitrogen and oxygen atoms in total. The summed E-state index contributed by atoms with van der Waals surface area (Å²) in [5.74, 6) is -0.379. The number of anilines is 1. The average molecular weight is 249 g/mol. The van der Waals surface area contributed by atoms with Crippen LogP contribution < -0.4 is 5.32 Å². The molecule has 0 aliphatic carbocycles. The van der Waals surface area contributed by atoms with Crippen molar-refractivity contribution in [1.82, 2.24) is 9.97 Å². The zero-order chi connectivity index (χ0) is 13.0. The van der Waals surface area contributed by atoms with Crippen LogP contribution in [0.5, 0.6) is 0 Å². The van der Waals surface area contributed by atoms with Crippen LogP contribution in [0.3, 0.4) is 0 Å². The maximum atomic E-state index is 12.9. The van der Waals surface area contributed by atoms with Gasteiger partial charge in [0.15, 0.2) is 0 Å². The van der Waals surface area contributed by atoms with Gasteiger partial charge in [0.25, 0.3) is 0 Å². The molecular formula is C13H13F2N3. The average Bonchev–Trinajstić information content (AvgIpc) is 2.32. The molecule has 94 valence electrons. The number of hydrogen-bond acceptors (Lipinski definition) is 3. The zero-order valence-electron chi connectivity index (χ0n) is 9.90. The highest BCUT2D eigenvalue weighted by Gasteiger charge is 2.05. The Kier molecular flexibility index (Phi) is 3.82. The fraction of sp³-hybridized carbons (Fsp3) is 0.231. The molecule has 0 saturated heterocycles. The Morgan fingerprint density at radius 2 is 1.89 bits per heavy atom. The van der Waals surface area contributed by atoms with E-state index in [0.717, 1.165) is 5.56 Å². The molecule has 1 heterocycles. The molecule has 0 saturated carbocycles. The van der Waals surface area contributed by atoms with Gasteiger partial charge in [-0.05, 0) is 31.0 Å². The summed E-state index contributed by atoms with van der Waals surface area (Å²) in [7, 11) is 0.